The topological polar surface area (TPSA) is 60.9 Å². The third kappa shape index (κ3) is 3.61. The number of carbonyl (C=O) groups excluding carboxylic acids is 1. The van der Waals surface area contributed by atoms with E-state index in [0.717, 1.165) is 19.4 Å². The minimum atomic E-state index is -0.960. The number of hydrogen-bond donors (Lipinski definition) is 1. The lowest BCUT2D eigenvalue weighted by molar-refractivity contribution is -0.137. The van der Waals surface area contributed by atoms with Gasteiger partial charge in [-0.3, -0.25) is 4.79 Å². The molecule has 0 radical (unpaired) electrons. The SMILES string of the molecule is CCN(CC(=O)O)C(=O)N1CC(C)CCC1C. The number of nitrogens with zero attached hydrogens (tertiary/aromatic N) is 2. The minimum absolute atomic E-state index is 0.144. The fraction of sp³-hybridized carbons (Fsp3) is 0.833. The van der Waals surface area contributed by atoms with Crippen LogP contribution in [0.25, 0.3) is 0 Å². The van der Waals surface area contributed by atoms with E-state index in [0.29, 0.717) is 12.5 Å². The lowest BCUT2D eigenvalue weighted by Crippen LogP contribution is -2.52. The number of carboxylic acids is 1. The van der Waals surface area contributed by atoms with Gasteiger partial charge in [-0.2, -0.15) is 0 Å². The molecule has 1 fully saturated rings. The zero-order chi connectivity index (χ0) is 13.0. The van der Waals surface area contributed by atoms with Crippen LogP contribution in [0.3, 0.4) is 0 Å². The summed E-state index contributed by atoms with van der Waals surface area (Å²) < 4.78 is 0. The van der Waals surface area contributed by atoms with Crippen LogP contribution < -0.4 is 0 Å². The van der Waals surface area contributed by atoms with Crippen molar-refractivity contribution in [1.29, 1.82) is 0 Å². The Labute approximate surface area is 102 Å². The number of piperidine rings is 1. The molecule has 0 bridgehead atoms. The lowest BCUT2D eigenvalue weighted by Gasteiger charge is -2.39. The summed E-state index contributed by atoms with van der Waals surface area (Å²) in [6.07, 6.45) is 2.13. The molecular weight excluding hydrogens is 220 g/mol. The van der Waals surface area contributed by atoms with E-state index in [4.69, 9.17) is 5.11 Å². The second-order valence-electron chi connectivity index (χ2n) is 4.87. The molecular formula is C12H22N2O3. The molecule has 1 aliphatic heterocycles. The highest BCUT2D eigenvalue weighted by molar-refractivity contribution is 5.80. The number of aliphatic carboxylic acids is 1. The van der Waals surface area contributed by atoms with Gasteiger partial charge < -0.3 is 14.9 Å². The minimum Gasteiger partial charge on any atom is -0.480 e. The zero-order valence-electron chi connectivity index (χ0n) is 10.8. The van der Waals surface area contributed by atoms with Gasteiger partial charge in [-0.15, -0.1) is 0 Å². The average Bonchev–Trinajstić information content (AvgIpc) is 2.28. The lowest BCUT2D eigenvalue weighted by atomic mass is 9.95. The summed E-state index contributed by atoms with van der Waals surface area (Å²) in [5.74, 6) is -0.461. The Bertz CT molecular complexity index is 293. The summed E-state index contributed by atoms with van der Waals surface area (Å²) in [6, 6.07) is 0.0653. The van der Waals surface area contributed by atoms with E-state index in [1.54, 1.807) is 11.8 Å². The number of rotatable bonds is 3. The molecule has 2 amide bonds. The summed E-state index contributed by atoms with van der Waals surface area (Å²) >= 11 is 0. The monoisotopic (exact) mass is 242 g/mol. The standard InChI is InChI=1S/C12H22N2O3/c1-4-13(8-11(15)16)12(17)14-7-9(2)5-6-10(14)3/h9-10H,4-8H2,1-3H3,(H,15,16). The molecule has 0 saturated carbocycles. The molecule has 5 nitrogen and oxygen atoms in total. The first kappa shape index (κ1) is 13.8. The fourth-order valence-corrected chi connectivity index (χ4v) is 2.21. The summed E-state index contributed by atoms with van der Waals surface area (Å²) in [6.45, 7) is 6.91. The third-order valence-corrected chi connectivity index (χ3v) is 3.34. The van der Waals surface area contributed by atoms with Crippen molar-refractivity contribution >= 4 is 12.0 Å². The molecule has 5 heteroatoms. The van der Waals surface area contributed by atoms with Crippen molar-refractivity contribution in [2.24, 2.45) is 5.92 Å². The Morgan fingerprint density at radius 1 is 1.35 bits per heavy atom. The van der Waals surface area contributed by atoms with Gasteiger partial charge in [0.05, 0.1) is 0 Å². The number of hydrogen-bond acceptors (Lipinski definition) is 2. The number of likely N-dealkylation sites (tertiary alicyclic amines) is 1. The molecule has 2 unspecified atom stereocenters. The number of carboxylic acid groups (broad SMARTS) is 1. The molecule has 17 heavy (non-hydrogen) atoms. The van der Waals surface area contributed by atoms with Crippen LogP contribution in [0.4, 0.5) is 4.79 Å². The van der Waals surface area contributed by atoms with E-state index < -0.39 is 5.97 Å². The average molecular weight is 242 g/mol. The molecule has 98 valence electrons. The van der Waals surface area contributed by atoms with Crippen LogP contribution in [0.5, 0.6) is 0 Å². The van der Waals surface area contributed by atoms with Crippen LogP contribution in [0.2, 0.25) is 0 Å². The molecule has 1 N–H and O–H groups in total. The largest absolute Gasteiger partial charge is 0.480 e. The van der Waals surface area contributed by atoms with Gasteiger partial charge in [0.15, 0.2) is 0 Å². The highest BCUT2D eigenvalue weighted by Gasteiger charge is 2.30. The first-order valence-electron chi connectivity index (χ1n) is 6.23. The number of amides is 2. The van der Waals surface area contributed by atoms with Crippen molar-refractivity contribution in [2.45, 2.75) is 39.7 Å². The first-order valence-corrected chi connectivity index (χ1v) is 6.23. The maximum Gasteiger partial charge on any atom is 0.323 e. The van der Waals surface area contributed by atoms with Crippen molar-refractivity contribution in [3.05, 3.63) is 0 Å². The summed E-state index contributed by atoms with van der Waals surface area (Å²) in [5.41, 5.74) is 0. The second kappa shape index (κ2) is 5.89. The second-order valence-corrected chi connectivity index (χ2v) is 4.87. The highest BCUT2D eigenvalue weighted by atomic mass is 16.4. The number of carbonyl (C=O) groups is 2. The van der Waals surface area contributed by atoms with Gasteiger partial charge in [-0.05, 0) is 32.6 Å². The predicted molar refractivity (Wildman–Crippen MR) is 64.8 cm³/mol. The Kier molecular flexibility index (Phi) is 4.78. The van der Waals surface area contributed by atoms with E-state index in [2.05, 4.69) is 6.92 Å². The maximum atomic E-state index is 12.2. The van der Waals surface area contributed by atoms with Gasteiger partial charge in [-0.25, -0.2) is 4.79 Å². The number of likely N-dealkylation sites (N-methyl/N-ethyl adjacent to an activating group) is 1. The molecule has 0 spiro atoms. The van der Waals surface area contributed by atoms with E-state index in [-0.39, 0.29) is 18.6 Å². The van der Waals surface area contributed by atoms with Crippen LogP contribution in [0.15, 0.2) is 0 Å². The molecule has 0 aromatic carbocycles. The Morgan fingerprint density at radius 3 is 2.53 bits per heavy atom. The van der Waals surface area contributed by atoms with E-state index in [1.165, 1.54) is 4.90 Å². The van der Waals surface area contributed by atoms with Gasteiger partial charge >= 0.3 is 12.0 Å². The summed E-state index contributed by atoms with van der Waals surface area (Å²) in [5, 5.41) is 8.77. The van der Waals surface area contributed by atoms with Crippen LogP contribution in [-0.2, 0) is 4.79 Å². The zero-order valence-corrected chi connectivity index (χ0v) is 10.8. The molecule has 2 atom stereocenters. The molecule has 0 aromatic rings. The Balaban J connectivity index is 2.68. The first-order chi connectivity index (χ1) is 7.95. The molecule has 1 saturated heterocycles. The van der Waals surface area contributed by atoms with Crippen molar-refractivity contribution < 1.29 is 14.7 Å². The summed E-state index contributed by atoms with van der Waals surface area (Å²) in [7, 11) is 0. The van der Waals surface area contributed by atoms with Crippen LogP contribution in [0.1, 0.15) is 33.6 Å². The van der Waals surface area contributed by atoms with Gasteiger partial charge in [0, 0.05) is 19.1 Å². The van der Waals surface area contributed by atoms with Gasteiger partial charge in [0.1, 0.15) is 6.54 Å². The van der Waals surface area contributed by atoms with Crippen molar-refractivity contribution in [2.75, 3.05) is 19.6 Å². The molecule has 1 rings (SSSR count). The van der Waals surface area contributed by atoms with Crippen LogP contribution >= 0.6 is 0 Å². The van der Waals surface area contributed by atoms with Crippen LogP contribution in [-0.4, -0.2) is 52.6 Å². The smallest absolute Gasteiger partial charge is 0.323 e. The maximum absolute atomic E-state index is 12.2. The van der Waals surface area contributed by atoms with Crippen molar-refractivity contribution in [3.63, 3.8) is 0 Å². The van der Waals surface area contributed by atoms with E-state index in [9.17, 15) is 9.59 Å². The molecule has 0 aliphatic carbocycles. The van der Waals surface area contributed by atoms with Gasteiger partial charge in [0.25, 0.3) is 0 Å². The van der Waals surface area contributed by atoms with E-state index in [1.807, 2.05) is 6.92 Å². The molecule has 0 aromatic heterocycles. The summed E-state index contributed by atoms with van der Waals surface area (Å²) in [4.78, 5) is 26.1. The number of urea groups is 1. The third-order valence-electron chi connectivity index (χ3n) is 3.34. The fourth-order valence-electron chi connectivity index (χ4n) is 2.21. The Morgan fingerprint density at radius 2 is 2.00 bits per heavy atom. The van der Waals surface area contributed by atoms with Crippen LogP contribution in [0, 0.1) is 5.92 Å². The van der Waals surface area contributed by atoms with Crippen molar-refractivity contribution in [3.8, 4) is 0 Å². The normalized spacial score (nSPS) is 24.5. The van der Waals surface area contributed by atoms with Crippen molar-refractivity contribution in [1.82, 2.24) is 9.80 Å². The predicted octanol–water partition coefficient (Wildman–Crippen LogP) is 1.63. The Hall–Kier alpha value is -1.26. The van der Waals surface area contributed by atoms with Gasteiger partial charge in [0.2, 0.25) is 0 Å². The van der Waals surface area contributed by atoms with Gasteiger partial charge in [-0.1, -0.05) is 6.92 Å². The molecule has 1 heterocycles. The highest BCUT2D eigenvalue weighted by Crippen LogP contribution is 2.22. The van der Waals surface area contributed by atoms with E-state index >= 15 is 0 Å². The quantitative estimate of drug-likeness (QED) is 0.818. The molecule has 1 aliphatic rings.